The molecule has 0 radical (unpaired) electrons. The first-order chi connectivity index (χ1) is 21.7. The van der Waals surface area contributed by atoms with E-state index in [1.807, 2.05) is 24.0 Å². The summed E-state index contributed by atoms with van der Waals surface area (Å²) < 4.78 is 52.8. The Morgan fingerprint density at radius 1 is 1.09 bits per heavy atom. The molecular formula is C34H33ClF3N5O2. The second kappa shape index (κ2) is 11.5. The standard InChI is InChI=1S/C34H33ClF3N5O2/c1-20-18-41(32(44)21(2)36)15-16-43(20)31-24-17-26(37)28(23-9-3-7-22-8-4-10-25(35)27(22)23)29(38)30(24)39-33(40-31)45-19-34-11-5-13-42(34)14-6-12-34/h3-4,7-10,17,20H,2,5-6,11-16,18-19H2,1H3/t20-/m0/s1. The zero-order chi connectivity index (χ0) is 31.5. The van der Waals surface area contributed by atoms with E-state index >= 15 is 8.78 Å². The zero-order valence-corrected chi connectivity index (χ0v) is 25.7. The van der Waals surface area contributed by atoms with Gasteiger partial charge < -0.3 is 14.5 Å². The Kier molecular flexibility index (Phi) is 7.60. The first-order valence-corrected chi connectivity index (χ1v) is 15.7. The van der Waals surface area contributed by atoms with Crippen molar-refractivity contribution >= 4 is 45.0 Å². The summed E-state index contributed by atoms with van der Waals surface area (Å²) in [6, 6.07) is 11.4. The number of rotatable bonds is 6. The number of piperazine rings is 1. The molecule has 3 aromatic carbocycles. The number of halogens is 4. The smallest absolute Gasteiger partial charge is 0.319 e. The molecule has 0 bridgehead atoms. The molecule has 3 fully saturated rings. The molecule has 3 aliphatic heterocycles. The molecule has 1 amide bonds. The molecule has 3 saturated heterocycles. The van der Waals surface area contributed by atoms with Gasteiger partial charge in [-0.2, -0.15) is 9.97 Å². The minimum Gasteiger partial charge on any atom is -0.461 e. The van der Waals surface area contributed by atoms with Gasteiger partial charge in [0.25, 0.3) is 5.91 Å². The largest absolute Gasteiger partial charge is 0.461 e. The molecule has 0 unspecified atom stereocenters. The van der Waals surface area contributed by atoms with E-state index in [4.69, 9.17) is 21.3 Å². The van der Waals surface area contributed by atoms with Crippen LogP contribution in [0, 0.1) is 11.6 Å². The molecule has 0 N–H and O–H groups in total. The maximum Gasteiger partial charge on any atom is 0.319 e. The molecule has 3 aliphatic rings. The van der Waals surface area contributed by atoms with Crippen LogP contribution in [0.4, 0.5) is 19.0 Å². The molecule has 7 rings (SSSR count). The van der Waals surface area contributed by atoms with Gasteiger partial charge in [-0.05, 0) is 68.8 Å². The van der Waals surface area contributed by atoms with E-state index in [1.54, 1.807) is 24.3 Å². The first kappa shape index (κ1) is 29.8. The summed E-state index contributed by atoms with van der Waals surface area (Å²) in [5.74, 6) is -3.14. The third-order valence-electron chi connectivity index (χ3n) is 9.67. The van der Waals surface area contributed by atoms with E-state index in [-0.39, 0.29) is 53.7 Å². The third kappa shape index (κ3) is 5.08. The van der Waals surface area contributed by atoms with Crippen molar-refractivity contribution in [3.8, 4) is 17.1 Å². The molecule has 0 spiro atoms. The number of carbonyl (C=O) groups excluding carboxylic acids is 1. The molecular weight excluding hydrogens is 603 g/mol. The molecule has 7 nitrogen and oxygen atoms in total. The topological polar surface area (TPSA) is 61.8 Å². The van der Waals surface area contributed by atoms with Crippen LogP contribution in [0.25, 0.3) is 32.8 Å². The van der Waals surface area contributed by atoms with Gasteiger partial charge in [0.1, 0.15) is 23.8 Å². The Morgan fingerprint density at radius 2 is 1.82 bits per heavy atom. The van der Waals surface area contributed by atoms with Gasteiger partial charge in [-0.1, -0.05) is 48.5 Å². The predicted octanol–water partition coefficient (Wildman–Crippen LogP) is 6.91. The van der Waals surface area contributed by atoms with E-state index < -0.39 is 23.4 Å². The van der Waals surface area contributed by atoms with Crippen LogP contribution >= 0.6 is 11.6 Å². The van der Waals surface area contributed by atoms with Gasteiger partial charge >= 0.3 is 6.01 Å². The van der Waals surface area contributed by atoms with E-state index in [0.717, 1.165) is 44.2 Å². The SMILES string of the molecule is C=C(F)C(=O)N1CCN(c2nc(OCC34CCCN3CCC4)nc3c(F)c(-c4cccc5cccc(Cl)c45)c(F)cc23)[C@@H](C)C1. The Bertz CT molecular complexity index is 1840. The lowest BCUT2D eigenvalue weighted by Crippen LogP contribution is -2.54. The number of carbonyl (C=O) groups is 1. The third-order valence-corrected chi connectivity index (χ3v) is 9.98. The number of aromatic nitrogens is 2. The molecule has 45 heavy (non-hydrogen) atoms. The van der Waals surface area contributed by atoms with E-state index in [1.165, 1.54) is 11.0 Å². The normalized spacial score (nSPS) is 19.8. The highest BCUT2D eigenvalue weighted by molar-refractivity contribution is 6.36. The maximum absolute atomic E-state index is 16.8. The summed E-state index contributed by atoms with van der Waals surface area (Å²) in [6.07, 6.45) is 4.19. The lowest BCUT2D eigenvalue weighted by atomic mass is 9.95. The minimum absolute atomic E-state index is 0.000812. The molecule has 4 heterocycles. The van der Waals surface area contributed by atoms with Crippen LogP contribution in [0.1, 0.15) is 32.6 Å². The highest BCUT2D eigenvalue weighted by Crippen LogP contribution is 2.42. The summed E-state index contributed by atoms with van der Waals surface area (Å²) in [5, 5.41) is 1.84. The molecule has 4 aromatic rings. The fourth-order valence-electron chi connectivity index (χ4n) is 7.48. The lowest BCUT2D eigenvalue weighted by molar-refractivity contribution is -0.129. The van der Waals surface area contributed by atoms with Crippen LogP contribution in [-0.4, -0.2) is 76.6 Å². The van der Waals surface area contributed by atoms with Crippen LogP contribution in [0.15, 0.2) is 54.9 Å². The first-order valence-electron chi connectivity index (χ1n) is 15.3. The summed E-state index contributed by atoms with van der Waals surface area (Å²) >= 11 is 6.55. The van der Waals surface area contributed by atoms with Gasteiger partial charge in [-0.15, -0.1) is 0 Å². The number of hydrogen-bond acceptors (Lipinski definition) is 6. The number of anilines is 1. The lowest BCUT2D eigenvalue weighted by Gasteiger charge is -2.40. The van der Waals surface area contributed by atoms with Crippen molar-refractivity contribution in [2.45, 2.75) is 44.2 Å². The van der Waals surface area contributed by atoms with Crippen LogP contribution in [0.5, 0.6) is 6.01 Å². The van der Waals surface area contributed by atoms with E-state index in [0.29, 0.717) is 28.4 Å². The highest BCUT2D eigenvalue weighted by Gasteiger charge is 2.45. The zero-order valence-electron chi connectivity index (χ0n) is 25.0. The van der Waals surface area contributed by atoms with Crippen LogP contribution < -0.4 is 9.64 Å². The van der Waals surface area contributed by atoms with E-state index in [9.17, 15) is 9.18 Å². The van der Waals surface area contributed by atoms with Crippen molar-refractivity contribution in [1.82, 2.24) is 19.8 Å². The number of nitrogens with zero attached hydrogens (tertiary/aromatic N) is 5. The molecule has 11 heteroatoms. The van der Waals surface area contributed by atoms with Crippen molar-refractivity contribution in [3.63, 3.8) is 0 Å². The van der Waals surface area contributed by atoms with Gasteiger partial charge in [-0.3, -0.25) is 9.69 Å². The monoisotopic (exact) mass is 635 g/mol. The van der Waals surface area contributed by atoms with Crippen molar-refractivity contribution in [2.75, 3.05) is 44.2 Å². The Morgan fingerprint density at radius 3 is 2.53 bits per heavy atom. The Labute approximate surface area is 264 Å². The van der Waals surface area contributed by atoms with Crippen LogP contribution in [0.2, 0.25) is 5.02 Å². The summed E-state index contributed by atoms with van der Waals surface area (Å²) in [7, 11) is 0. The predicted molar refractivity (Wildman–Crippen MR) is 169 cm³/mol. The van der Waals surface area contributed by atoms with Crippen LogP contribution in [0.3, 0.4) is 0 Å². The van der Waals surface area contributed by atoms with Gasteiger partial charge in [-0.25, -0.2) is 13.2 Å². The number of amides is 1. The number of ether oxygens (including phenoxy) is 1. The van der Waals surface area contributed by atoms with Crippen molar-refractivity contribution in [1.29, 1.82) is 0 Å². The second-order valence-electron chi connectivity index (χ2n) is 12.3. The average molecular weight is 636 g/mol. The molecule has 234 valence electrons. The quantitative estimate of drug-likeness (QED) is 0.215. The molecule has 1 aromatic heterocycles. The number of fused-ring (bicyclic) bond motifs is 3. The second-order valence-corrected chi connectivity index (χ2v) is 12.7. The molecule has 0 saturated carbocycles. The van der Waals surface area contributed by atoms with Gasteiger partial charge in [0.2, 0.25) is 0 Å². The highest BCUT2D eigenvalue weighted by atomic mass is 35.5. The van der Waals surface area contributed by atoms with Crippen molar-refractivity contribution < 1.29 is 22.7 Å². The van der Waals surface area contributed by atoms with E-state index in [2.05, 4.69) is 16.5 Å². The maximum atomic E-state index is 16.8. The molecule has 0 aliphatic carbocycles. The number of benzene rings is 3. The Balaban J connectivity index is 1.35. The summed E-state index contributed by atoms with van der Waals surface area (Å²) in [5.41, 5.74) is -0.0989. The average Bonchev–Trinajstić information content (AvgIpc) is 3.60. The minimum atomic E-state index is -1.03. The fraction of sp³-hybridized carbons (Fsp3) is 0.382. The van der Waals surface area contributed by atoms with Gasteiger partial charge in [0, 0.05) is 41.5 Å². The summed E-state index contributed by atoms with van der Waals surface area (Å²) in [4.78, 5) is 27.3. The number of hydrogen-bond donors (Lipinski definition) is 0. The van der Waals surface area contributed by atoms with Gasteiger partial charge in [0.05, 0.1) is 11.1 Å². The van der Waals surface area contributed by atoms with Gasteiger partial charge in [0.15, 0.2) is 11.6 Å². The summed E-state index contributed by atoms with van der Waals surface area (Å²) in [6.45, 7) is 8.00. The van der Waals surface area contributed by atoms with Crippen molar-refractivity contribution in [2.24, 2.45) is 0 Å². The van der Waals surface area contributed by atoms with Crippen LogP contribution in [-0.2, 0) is 4.79 Å². The Hall–Kier alpha value is -3.89. The molecule has 1 atom stereocenters. The van der Waals surface area contributed by atoms with Crippen molar-refractivity contribution in [3.05, 3.63) is 71.5 Å². The fourth-order valence-corrected chi connectivity index (χ4v) is 7.77.